The average Bonchev–Trinajstić information content (AvgIpc) is 3.48. The summed E-state index contributed by atoms with van der Waals surface area (Å²) in [5, 5.41) is 3.45. The Morgan fingerprint density at radius 1 is 0.677 bits per heavy atom. The zero-order valence-corrected chi connectivity index (χ0v) is 16.6. The molecule has 0 spiro atoms. The SMILES string of the molecule is c1ccc2c(c1)Cc1ccc3c(c1-2)-c1nc2c4cnccc4c4ccncc4n2c1C3. The second-order valence-corrected chi connectivity index (χ2v) is 8.52. The number of pyridine rings is 3. The maximum Gasteiger partial charge on any atom is 0.147 e. The van der Waals surface area contributed by atoms with Crippen LogP contribution in [-0.4, -0.2) is 19.4 Å². The van der Waals surface area contributed by atoms with Crippen molar-refractivity contribution in [3.8, 4) is 22.4 Å². The Morgan fingerprint density at radius 2 is 1.48 bits per heavy atom. The lowest BCUT2D eigenvalue weighted by molar-refractivity contribution is 1.09. The van der Waals surface area contributed by atoms with Gasteiger partial charge in [0, 0.05) is 41.3 Å². The van der Waals surface area contributed by atoms with Crippen LogP contribution in [0.5, 0.6) is 0 Å². The van der Waals surface area contributed by atoms with Crippen molar-refractivity contribution in [3.63, 3.8) is 0 Å². The third-order valence-electron chi connectivity index (χ3n) is 7.01. The first-order valence-electron chi connectivity index (χ1n) is 10.6. The van der Waals surface area contributed by atoms with Crippen LogP contribution in [0.1, 0.15) is 22.4 Å². The van der Waals surface area contributed by atoms with Crippen LogP contribution in [0.15, 0.2) is 73.3 Å². The van der Waals surface area contributed by atoms with Gasteiger partial charge in [-0.2, -0.15) is 0 Å². The van der Waals surface area contributed by atoms with Crippen molar-refractivity contribution >= 4 is 27.3 Å². The topological polar surface area (TPSA) is 43.1 Å². The van der Waals surface area contributed by atoms with E-state index in [-0.39, 0.29) is 0 Å². The van der Waals surface area contributed by atoms with Crippen LogP contribution in [0, 0.1) is 0 Å². The van der Waals surface area contributed by atoms with Gasteiger partial charge in [0.1, 0.15) is 5.65 Å². The molecule has 0 fully saturated rings. The van der Waals surface area contributed by atoms with Gasteiger partial charge in [0.2, 0.25) is 0 Å². The van der Waals surface area contributed by atoms with Gasteiger partial charge < -0.3 is 0 Å². The molecule has 0 atom stereocenters. The third kappa shape index (κ3) is 1.84. The van der Waals surface area contributed by atoms with Crippen LogP contribution < -0.4 is 0 Å². The van der Waals surface area contributed by atoms with Gasteiger partial charge in [0.25, 0.3) is 0 Å². The Morgan fingerprint density at radius 3 is 2.42 bits per heavy atom. The first-order chi connectivity index (χ1) is 15.4. The molecule has 2 aliphatic carbocycles. The highest BCUT2D eigenvalue weighted by Gasteiger charge is 2.32. The summed E-state index contributed by atoms with van der Waals surface area (Å²) in [5.74, 6) is 0. The number of aromatic nitrogens is 4. The number of imidazole rings is 1. The Labute approximate surface area is 177 Å². The largest absolute Gasteiger partial charge is 0.294 e. The highest BCUT2D eigenvalue weighted by Crippen LogP contribution is 2.49. The quantitative estimate of drug-likeness (QED) is 0.315. The summed E-state index contributed by atoms with van der Waals surface area (Å²) in [6.07, 6.45) is 9.52. The minimum atomic E-state index is 0.886. The second kappa shape index (κ2) is 5.35. The first-order valence-corrected chi connectivity index (χ1v) is 10.6. The molecular weight excluding hydrogens is 380 g/mol. The van der Waals surface area contributed by atoms with E-state index < -0.39 is 0 Å². The molecule has 0 saturated heterocycles. The van der Waals surface area contributed by atoms with Crippen LogP contribution >= 0.6 is 0 Å². The molecule has 6 aromatic rings. The van der Waals surface area contributed by atoms with Crippen LogP contribution in [0.4, 0.5) is 0 Å². The van der Waals surface area contributed by atoms with Crippen molar-refractivity contribution in [1.82, 2.24) is 19.4 Å². The molecule has 2 aromatic carbocycles. The van der Waals surface area contributed by atoms with E-state index in [1.807, 2.05) is 24.8 Å². The standard InChI is InChI=1S/C27H16N4/c1-2-4-18-15(3-1)11-16-5-6-17-12-22-26(25(17)24(16)18)30-27-21-13-28-9-7-19(21)20-8-10-29-14-23(20)31(22)27/h1-10,13-14H,11-12H2. The van der Waals surface area contributed by atoms with Crippen molar-refractivity contribution in [2.24, 2.45) is 0 Å². The van der Waals surface area contributed by atoms with E-state index in [1.165, 1.54) is 49.8 Å². The molecular formula is C27H16N4. The first kappa shape index (κ1) is 15.7. The second-order valence-electron chi connectivity index (χ2n) is 8.52. The van der Waals surface area contributed by atoms with E-state index in [9.17, 15) is 0 Å². The van der Waals surface area contributed by atoms with Gasteiger partial charge in [-0.3, -0.25) is 14.4 Å². The van der Waals surface area contributed by atoms with E-state index in [0.717, 1.165) is 35.1 Å². The van der Waals surface area contributed by atoms with Gasteiger partial charge in [-0.15, -0.1) is 0 Å². The molecule has 31 heavy (non-hydrogen) atoms. The number of fused-ring (bicyclic) bond motifs is 14. The highest BCUT2D eigenvalue weighted by molar-refractivity contribution is 6.12. The fourth-order valence-corrected chi connectivity index (χ4v) is 5.72. The summed E-state index contributed by atoms with van der Waals surface area (Å²) >= 11 is 0. The normalized spacial score (nSPS) is 13.5. The monoisotopic (exact) mass is 396 g/mol. The Bertz CT molecular complexity index is 1740. The van der Waals surface area contributed by atoms with Gasteiger partial charge in [0.15, 0.2) is 0 Å². The highest BCUT2D eigenvalue weighted by atomic mass is 15.0. The summed E-state index contributed by atoms with van der Waals surface area (Å²) in [6, 6.07) is 17.6. The molecule has 4 heteroatoms. The lowest BCUT2D eigenvalue weighted by Gasteiger charge is -2.10. The number of benzene rings is 2. The molecule has 144 valence electrons. The van der Waals surface area contributed by atoms with E-state index >= 15 is 0 Å². The zero-order chi connectivity index (χ0) is 20.1. The predicted molar refractivity (Wildman–Crippen MR) is 122 cm³/mol. The molecule has 2 aliphatic rings. The lowest BCUT2D eigenvalue weighted by Crippen LogP contribution is -1.97. The predicted octanol–water partition coefficient (Wildman–Crippen LogP) is 5.57. The van der Waals surface area contributed by atoms with Crippen molar-refractivity contribution in [2.45, 2.75) is 12.8 Å². The molecule has 0 saturated carbocycles. The average molecular weight is 396 g/mol. The van der Waals surface area contributed by atoms with Gasteiger partial charge in [0.05, 0.1) is 23.1 Å². The van der Waals surface area contributed by atoms with E-state index in [2.05, 4.69) is 62.9 Å². The molecule has 0 amide bonds. The molecule has 4 heterocycles. The van der Waals surface area contributed by atoms with Crippen molar-refractivity contribution < 1.29 is 0 Å². The van der Waals surface area contributed by atoms with Gasteiger partial charge in [-0.25, -0.2) is 4.98 Å². The molecule has 0 N–H and O–H groups in total. The summed E-state index contributed by atoms with van der Waals surface area (Å²) in [6.45, 7) is 0. The number of hydrogen-bond donors (Lipinski definition) is 0. The molecule has 4 aromatic heterocycles. The van der Waals surface area contributed by atoms with Crippen molar-refractivity contribution in [1.29, 1.82) is 0 Å². The smallest absolute Gasteiger partial charge is 0.147 e. The van der Waals surface area contributed by atoms with Gasteiger partial charge >= 0.3 is 0 Å². The number of hydrogen-bond acceptors (Lipinski definition) is 3. The lowest BCUT2D eigenvalue weighted by atomic mass is 9.96. The Hall–Kier alpha value is -4.05. The van der Waals surface area contributed by atoms with Crippen LogP contribution in [0.2, 0.25) is 0 Å². The fraction of sp³-hybridized carbons (Fsp3) is 0.0741. The minimum absolute atomic E-state index is 0.886. The van der Waals surface area contributed by atoms with Crippen LogP contribution in [0.3, 0.4) is 0 Å². The minimum Gasteiger partial charge on any atom is -0.294 e. The van der Waals surface area contributed by atoms with E-state index in [4.69, 9.17) is 4.98 Å². The Balaban J connectivity index is 1.55. The Kier molecular flexibility index (Phi) is 2.72. The molecule has 0 aliphatic heterocycles. The summed E-state index contributed by atoms with van der Waals surface area (Å²) in [5.41, 5.74) is 12.7. The maximum atomic E-state index is 5.26. The van der Waals surface area contributed by atoms with Crippen LogP contribution in [0.25, 0.3) is 49.7 Å². The van der Waals surface area contributed by atoms with Crippen LogP contribution in [-0.2, 0) is 12.8 Å². The summed E-state index contributed by atoms with van der Waals surface area (Å²) < 4.78 is 2.31. The van der Waals surface area contributed by atoms with Crippen molar-refractivity contribution in [2.75, 3.05) is 0 Å². The van der Waals surface area contributed by atoms with Gasteiger partial charge in [-0.05, 0) is 51.8 Å². The third-order valence-corrected chi connectivity index (χ3v) is 7.01. The molecule has 0 radical (unpaired) electrons. The zero-order valence-electron chi connectivity index (χ0n) is 16.6. The molecule has 4 nitrogen and oxygen atoms in total. The number of nitrogens with zero attached hydrogens (tertiary/aromatic N) is 4. The summed E-state index contributed by atoms with van der Waals surface area (Å²) in [4.78, 5) is 14.1. The molecule has 0 unspecified atom stereocenters. The maximum absolute atomic E-state index is 5.26. The molecule has 8 rings (SSSR count). The summed E-state index contributed by atoms with van der Waals surface area (Å²) in [7, 11) is 0. The fourth-order valence-electron chi connectivity index (χ4n) is 5.72. The number of rotatable bonds is 0. The van der Waals surface area contributed by atoms with Gasteiger partial charge in [-0.1, -0.05) is 36.4 Å². The van der Waals surface area contributed by atoms with Crippen molar-refractivity contribution in [3.05, 3.63) is 95.7 Å². The van der Waals surface area contributed by atoms with E-state index in [0.29, 0.717) is 0 Å². The molecule has 0 bridgehead atoms. The van der Waals surface area contributed by atoms with E-state index in [1.54, 1.807) is 0 Å².